The van der Waals surface area contributed by atoms with E-state index in [0.717, 1.165) is 12.1 Å². The number of hydrogen-bond donors (Lipinski definition) is 0. The lowest BCUT2D eigenvalue weighted by atomic mass is 10.0. The minimum absolute atomic E-state index is 0.0191. The molecule has 0 aliphatic carbocycles. The van der Waals surface area contributed by atoms with Gasteiger partial charge in [0.1, 0.15) is 18.2 Å². The lowest BCUT2D eigenvalue weighted by molar-refractivity contribution is -0.140. The van der Waals surface area contributed by atoms with Gasteiger partial charge in [0, 0.05) is 5.56 Å². The molecule has 2 rings (SSSR count). The van der Waals surface area contributed by atoms with E-state index in [-0.39, 0.29) is 17.7 Å². The zero-order valence-corrected chi connectivity index (χ0v) is 14.3. The lowest BCUT2D eigenvalue weighted by Gasteiger charge is -2.16. The molecule has 3 nitrogen and oxygen atoms in total. The van der Waals surface area contributed by atoms with E-state index >= 15 is 0 Å². The average molecular weight is 370 g/mol. The Morgan fingerprint density at radius 2 is 1.88 bits per heavy atom. The van der Waals surface area contributed by atoms with Crippen molar-refractivity contribution >= 4 is 5.97 Å². The van der Waals surface area contributed by atoms with Crippen LogP contribution in [-0.2, 0) is 35.2 Å². The molecule has 0 N–H and O–H groups in total. The molecule has 2 aromatic rings. The topological polar surface area (TPSA) is 35.5 Å². The Hall–Kier alpha value is -2.57. The highest BCUT2D eigenvalue weighted by Crippen LogP contribution is 2.37. The molecule has 7 heteroatoms. The monoisotopic (exact) mass is 370 g/mol. The molecule has 0 aliphatic rings. The summed E-state index contributed by atoms with van der Waals surface area (Å²) in [6.07, 6.45) is -4.35. The predicted octanol–water partition coefficient (Wildman–Crippen LogP) is 4.70. The summed E-state index contributed by atoms with van der Waals surface area (Å²) in [7, 11) is 1.20. The Labute approximate surface area is 148 Å². The van der Waals surface area contributed by atoms with Crippen LogP contribution in [0.2, 0.25) is 0 Å². The number of methoxy groups -OCH3 is 1. The highest BCUT2D eigenvalue weighted by Gasteiger charge is 2.34. The molecule has 2 aromatic carbocycles. The van der Waals surface area contributed by atoms with Crippen molar-refractivity contribution in [2.45, 2.75) is 32.5 Å². The molecule has 0 bridgehead atoms. The van der Waals surface area contributed by atoms with Crippen molar-refractivity contribution in [2.75, 3.05) is 7.11 Å². The van der Waals surface area contributed by atoms with E-state index < -0.39 is 30.1 Å². The lowest BCUT2D eigenvalue weighted by Crippen LogP contribution is -2.12. The fraction of sp³-hybridized carbons (Fsp3) is 0.316. The van der Waals surface area contributed by atoms with Crippen LogP contribution in [0.4, 0.5) is 17.6 Å². The Morgan fingerprint density at radius 1 is 1.15 bits per heavy atom. The Bertz CT molecular complexity index is 785. The van der Waals surface area contributed by atoms with Gasteiger partial charge in [-0.05, 0) is 35.7 Å². The second-order valence-electron chi connectivity index (χ2n) is 5.60. The van der Waals surface area contributed by atoms with Crippen LogP contribution in [0.3, 0.4) is 0 Å². The number of carbonyl (C=O) groups is 1. The molecule has 0 unspecified atom stereocenters. The molecule has 140 valence electrons. The number of alkyl halides is 3. The van der Waals surface area contributed by atoms with Crippen LogP contribution >= 0.6 is 0 Å². The number of esters is 1. The summed E-state index contributed by atoms with van der Waals surface area (Å²) in [4.78, 5) is 11.4. The Morgan fingerprint density at radius 3 is 2.50 bits per heavy atom. The summed E-state index contributed by atoms with van der Waals surface area (Å²) in [5.41, 5.74) is -0.0779. The van der Waals surface area contributed by atoms with Crippen molar-refractivity contribution in [2.24, 2.45) is 0 Å². The van der Waals surface area contributed by atoms with E-state index in [1.807, 2.05) is 0 Å². The number of hydrogen-bond acceptors (Lipinski definition) is 3. The predicted molar refractivity (Wildman–Crippen MR) is 87.3 cm³/mol. The number of halogens is 4. The first-order valence-electron chi connectivity index (χ1n) is 7.92. The summed E-state index contributed by atoms with van der Waals surface area (Å²) in [6.45, 7) is 1.31. The van der Waals surface area contributed by atoms with Crippen molar-refractivity contribution in [3.05, 3.63) is 64.5 Å². The molecule has 0 fully saturated rings. The minimum atomic E-state index is -4.59. The number of carbonyl (C=O) groups excluding carboxylic acids is 1. The highest BCUT2D eigenvalue weighted by atomic mass is 19.4. The van der Waals surface area contributed by atoms with Gasteiger partial charge < -0.3 is 9.47 Å². The first kappa shape index (κ1) is 19.8. The molecular formula is C19H18F4O3. The maximum atomic E-state index is 14.1. The first-order valence-corrected chi connectivity index (χ1v) is 7.92. The zero-order chi connectivity index (χ0) is 19.3. The molecule has 0 saturated carbocycles. The molecule has 0 heterocycles. The molecule has 0 amide bonds. The van der Waals surface area contributed by atoms with Gasteiger partial charge in [0.2, 0.25) is 0 Å². The van der Waals surface area contributed by atoms with Crippen molar-refractivity contribution < 1.29 is 31.8 Å². The fourth-order valence-electron chi connectivity index (χ4n) is 2.45. The number of rotatable bonds is 6. The third kappa shape index (κ3) is 4.74. The Kier molecular flexibility index (Phi) is 6.23. The summed E-state index contributed by atoms with van der Waals surface area (Å²) in [5.74, 6) is -1.63. The molecule has 0 atom stereocenters. The van der Waals surface area contributed by atoms with Gasteiger partial charge in [-0.1, -0.05) is 25.1 Å². The van der Waals surface area contributed by atoms with Gasteiger partial charge in [-0.25, -0.2) is 4.39 Å². The van der Waals surface area contributed by atoms with Crippen LogP contribution in [-0.4, -0.2) is 13.1 Å². The van der Waals surface area contributed by atoms with Crippen LogP contribution in [0.1, 0.15) is 29.2 Å². The second-order valence-corrected chi connectivity index (χ2v) is 5.60. The number of ether oxygens (including phenoxy) is 2. The van der Waals surface area contributed by atoms with E-state index in [0.29, 0.717) is 17.5 Å². The van der Waals surface area contributed by atoms with Crippen LogP contribution in [0.15, 0.2) is 36.4 Å². The zero-order valence-electron chi connectivity index (χ0n) is 14.3. The van der Waals surface area contributed by atoms with Crippen molar-refractivity contribution in [3.63, 3.8) is 0 Å². The normalized spacial score (nSPS) is 11.3. The van der Waals surface area contributed by atoms with Gasteiger partial charge >= 0.3 is 12.1 Å². The molecule has 0 aliphatic heterocycles. The molecule has 0 saturated heterocycles. The molecular weight excluding hydrogens is 352 g/mol. The average Bonchev–Trinajstić information content (AvgIpc) is 2.60. The van der Waals surface area contributed by atoms with E-state index in [1.165, 1.54) is 31.4 Å². The van der Waals surface area contributed by atoms with E-state index in [1.54, 1.807) is 6.92 Å². The van der Waals surface area contributed by atoms with Gasteiger partial charge in [-0.15, -0.1) is 0 Å². The van der Waals surface area contributed by atoms with Crippen LogP contribution in [0, 0.1) is 5.82 Å². The fourth-order valence-corrected chi connectivity index (χ4v) is 2.45. The van der Waals surface area contributed by atoms with E-state index in [2.05, 4.69) is 4.74 Å². The quantitative estimate of drug-likeness (QED) is 0.546. The van der Waals surface area contributed by atoms with Crippen molar-refractivity contribution in [1.29, 1.82) is 0 Å². The van der Waals surface area contributed by atoms with Gasteiger partial charge in [-0.2, -0.15) is 13.2 Å². The third-order valence-electron chi connectivity index (χ3n) is 3.91. The van der Waals surface area contributed by atoms with Gasteiger partial charge in [0.15, 0.2) is 0 Å². The van der Waals surface area contributed by atoms with Crippen molar-refractivity contribution in [1.82, 2.24) is 0 Å². The largest absolute Gasteiger partial charge is 0.488 e. The van der Waals surface area contributed by atoms with Crippen LogP contribution in [0.25, 0.3) is 0 Å². The summed E-state index contributed by atoms with van der Waals surface area (Å²) in [6, 6.07) is 7.85. The van der Waals surface area contributed by atoms with Crippen LogP contribution < -0.4 is 4.74 Å². The molecule has 26 heavy (non-hydrogen) atoms. The molecule has 0 aromatic heterocycles. The first-order chi connectivity index (χ1) is 12.3. The van der Waals surface area contributed by atoms with Crippen molar-refractivity contribution in [3.8, 4) is 5.75 Å². The van der Waals surface area contributed by atoms with E-state index in [9.17, 15) is 22.4 Å². The minimum Gasteiger partial charge on any atom is -0.488 e. The maximum Gasteiger partial charge on any atom is 0.419 e. The molecule has 0 radical (unpaired) electrons. The summed E-state index contributed by atoms with van der Waals surface area (Å²) in [5, 5.41) is 0. The summed E-state index contributed by atoms with van der Waals surface area (Å²) < 4.78 is 63.7. The second kappa shape index (κ2) is 8.21. The standard InChI is InChI=1S/C19H18F4O3/c1-3-12-7-8-17(15(9-12)19(21,22)23)26-11-14-13(10-18(24)25-2)5-4-6-16(14)20/h4-9H,3,10-11H2,1-2H3. The van der Waals surface area contributed by atoms with Gasteiger partial charge in [0.25, 0.3) is 0 Å². The SMILES string of the molecule is CCc1ccc(OCc2c(F)cccc2CC(=O)OC)c(C(F)(F)F)c1. The highest BCUT2D eigenvalue weighted by molar-refractivity contribution is 5.72. The van der Waals surface area contributed by atoms with Gasteiger partial charge in [-0.3, -0.25) is 4.79 Å². The third-order valence-corrected chi connectivity index (χ3v) is 3.91. The van der Waals surface area contributed by atoms with Gasteiger partial charge in [0.05, 0.1) is 19.1 Å². The number of benzene rings is 2. The number of aryl methyl sites for hydroxylation is 1. The maximum absolute atomic E-state index is 14.1. The molecule has 0 spiro atoms. The Balaban J connectivity index is 2.31. The van der Waals surface area contributed by atoms with Crippen LogP contribution in [0.5, 0.6) is 5.75 Å². The smallest absolute Gasteiger partial charge is 0.419 e. The summed E-state index contributed by atoms with van der Waals surface area (Å²) >= 11 is 0. The van der Waals surface area contributed by atoms with E-state index in [4.69, 9.17) is 4.74 Å².